The van der Waals surface area contributed by atoms with Crippen LogP contribution in [0, 0.1) is 0 Å². The van der Waals surface area contributed by atoms with Gasteiger partial charge in [0.1, 0.15) is 0 Å². The van der Waals surface area contributed by atoms with Crippen LogP contribution in [-0.2, 0) is 0 Å². The van der Waals surface area contributed by atoms with Gasteiger partial charge in [-0.3, -0.25) is 4.98 Å². The molecule has 2 rings (SSSR count). The van der Waals surface area contributed by atoms with E-state index in [-0.39, 0.29) is 0 Å². The number of anilines is 1. The summed E-state index contributed by atoms with van der Waals surface area (Å²) in [6, 6.07) is 0. The lowest BCUT2D eigenvalue weighted by Crippen LogP contribution is -1.99. The zero-order valence-electron chi connectivity index (χ0n) is 6.46. The Morgan fingerprint density at radius 2 is 2.25 bits per heavy atom. The minimum Gasteiger partial charge on any atom is -0.488 e. The molecule has 0 amide bonds. The van der Waals surface area contributed by atoms with Gasteiger partial charge >= 0.3 is 0 Å². The average Bonchev–Trinajstić information content (AvgIpc) is 2.83. The average molecular weight is 229 g/mol. The first kappa shape index (κ1) is 7.86. The minimum absolute atomic E-state index is 0.380. The first-order valence-electron chi connectivity index (χ1n) is 3.83. The SMILES string of the molecule is Nc1cncc(OC2CC2)c1Br. The lowest BCUT2D eigenvalue weighted by molar-refractivity contribution is 0.300. The predicted octanol–water partition coefficient (Wildman–Crippen LogP) is 1.97. The van der Waals surface area contributed by atoms with Crippen LogP contribution in [0.1, 0.15) is 12.8 Å². The topological polar surface area (TPSA) is 48.1 Å². The van der Waals surface area contributed by atoms with Crippen molar-refractivity contribution in [1.82, 2.24) is 4.98 Å². The van der Waals surface area contributed by atoms with Crippen molar-refractivity contribution >= 4 is 21.6 Å². The Labute approximate surface area is 79.1 Å². The van der Waals surface area contributed by atoms with Gasteiger partial charge in [-0.2, -0.15) is 0 Å². The van der Waals surface area contributed by atoms with Gasteiger partial charge in [0.2, 0.25) is 0 Å². The summed E-state index contributed by atoms with van der Waals surface area (Å²) in [4.78, 5) is 3.95. The molecule has 3 nitrogen and oxygen atoms in total. The molecular weight excluding hydrogens is 220 g/mol. The molecule has 1 aromatic heterocycles. The van der Waals surface area contributed by atoms with Crippen molar-refractivity contribution in [2.75, 3.05) is 5.73 Å². The van der Waals surface area contributed by atoms with E-state index in [0.29, 0.717) is 11.8 Å². The second-order valence-corrected chi connectivity index (χ2v) is 3.65. The van der Waals surface area contributed by atoms with Crippen LogP contribution in [-0.4, -0.2) is 11.1 Å². The quantitative estimate of drug-likeness (QED) is 0.843. The smallest absolute Gasteiger partial charge is 0.154 e. The molecule has 12 heavy (non-hydrogen) atoms. The van der Waals surface area contributed by atoms with Crippen molar-refractivity contribution in [2.45, 2.75) is 18.9 Å². The number of rotatable bonds is 2. The van der Waals surface area contributed by atoms with Crippen LogP contribution in [0.15, 0.2) is 16.9 Å². The van der Waals surface area contributed by atoms with E-state index in [9.17, 15) is 0 Å². The van der Waals surface area contributed by atoms with Crippen LogP contribution in [0.2, 0.25) is 0 Å². The number of nitrogens with two attached hydrogens (primary N) is 1. The molecule has 1 aliphatic carbocycles. The van der Waals surface area contributed by atoms with Crippen molar-refractivity contribution in [1.29, 1.82) is 0 Å². The Balaban J connectivity index is 2.23. The molecule has 0 bridgehead atoms. The Hall–Kier alpha value is -0.770. The molecule has 1 fully saturated rings. The van der Waals surface area contributed by atoms with Gasteiger partial charge in [-0.15, -0.1) is 0 Å². The van der Waals surface area contributed by atoms with Gasteiger partial charge in [0, 0.05) is 0 Å². The van der Waals surface area contributed by atoms with Crippen LogP contribution in [0.5, 0.6) is 5.75 Å². The highest BCUT2D eigenvalue weighted by Gasteiger charge is 2.24. The summed E-state index contributed by atoms with van der Waals surface area (Å²) in [5, 5.41) is 0. The normalized spacial score (nSPS) is 16.1. The third-order valence-corrected chi connectivity index (χ3v) is 2.54. The lowest BCUT2D eigenvalue weighted by Gasteiger charge is -2.06. The van der Waals surface area contributed by atoms with E-state index in [0.717, 1.165) is 23.1 Å². The minimum atomic E-state index is 0.380. The Morgan fingerprint density at radius 3 is 2.92 bits per heavy atom. The van der Waals surface area contributed by atoms with Crippen molar-refractivity contribution in [2.24, 2.45) is 0 Å². The summed E-state index contributed by atoms with van der Waals surface area (Å²) in [6.45, 7) is 0. The van der Waals surface area contributed by atoms with Gasteiger partial charge in [-0.25, -0.2) is 0 Å². The Morgan fingerprint density at radius 1 is 1.50 bits per heavy atom. The fourth-order valence-electron chi connectivity index (χ4n) is 0.888. The second-order valence-electron chi connectivity index (χ2n) is 2.86. The lowest BCUT2D eigenvalue weighted by atomic mass is 10.4. The van der Waals surface area contributed by atoms with Crippen molar-refractivity contribution in [3.05, 3.63) is 16.9 Å². The monoisotopic (exact) mass is 228 g/mol. The molecule has 0 aromatic carbocycles. The molecular formula is C8H9BrN2O. The first-order chi connectivity index (χ1) is 5.77. The first-order valence-corrected chi connectivity index (χ1v) is 4.62. The molecule has 0 unspecified atom stereocenters. The summed E-state index contributed by atoms with van der Waals surface area (Å²) in [5.41, 5.74) is 6.25. The van der Waals surface area contributed by atoms with E-state index >= 15 is 0 Å². The van der Waals surface area contributed by atoms with Gasteiger partial charge in [0.15, 0.2) is 5.75 Å². The molecule has 1 heterocycles. The Kier molecular flexibility index (Phi) is 1.92. The summed E-state index contributed by atoms with van der Waals surface area (Å²) in [6.07, 6.45) is 5.94. The van der Waals surface area contributed by atoms with Crippen LogP contribution in [0.4, 0.5) is 5.69 Å². The summed E-state index contributed by atoms with van der Waals surface area (Å²) >= 11 is 3.35. The van der Waals surface area contributed by atoms with Crippen molar-refractivity contribution in [3.63, 3.8) is 0 Å². The highest BCUT2D eigenvalue weighted by atomic mass is 79.9. The number of hydrogen-bond donors (Lipinski definition) is 1. The molecule has 0 atom stereocenters. The van der Waals surface area contributed by atoms with E-state index in [1.807, 2.05) is 0 Å². The zero-order chi connectivity index (χ0) is 8.55. The van der Waals surface area contributed by atoms with Crippen LogP contribution < -0.4 is 10.5 Å². The number of nitrogens with zero attached hydrogens (tertiary/aromatic N) is 1. The van der Waals surface area contributed by atoms with Crippen LogP contribution in [0.3, 0.4) is 0 Å². The molecule has 1 aromatic rings. The van der Waals surface area contributed by atoms with E-state index in [2.05, 4.69) is 20.9 Å². The van der Waals surface area contributed by atoms with Gasteiger partial charge < -0.3 is 10.5 Å². The van der Waals surface area contributed by atoms with Crippen molar-refractivity contribution < 1.29 is 4.74 Å². The van der Waals surface area contributed by atoms with Gasteiger partial charge in [0.05, 0.1) is 28.7 Å². The van der Waals surface area contributed by atoms with Gasteiger partial charge in [-0.1, -0.05) is 0 Å². The molecule has 2 N–H and O–H groups in total. The fourth-order valence-corrected chi connectivity index (χ4v) is 1.19. The molecule has 0 radical (unpaired) electrons. The van der Waals surface area contributed by atoms with Gasteiger partial charge in [0.25, 0.3) is 0 Å². The highest BCUT2D eigenvalue weighted by Crippen LogP contribution is 2.34. The molecule has 64 valence electrons. The van der Waals surface area contributed by atoms with E-state index < -0.39 is 0 Å². The largest absolute Gasteiger partial charge is 0.488 e. The van der Waals surface area contributed by atoms with Crippen LogP contribution in [0.25, 0.3) is 0 Å². The number of aromatic nitrogens is 1. The number of ether oxygens (including phenoxy) is 1. The molecule has 1 aliphatic rings. The van der Waals surface area contributed by atoms with E-state index in [1.54, 1.807) is 12.4 Å². The fraction of sp³-hybridized carbons (Fsp3) is 0.375. The molecule has 0 spiro atoms. The number of pyridine rings is 1. The standard InChI is InChI=1S/C8H9BrN2O/c9-8-6(10)3-11-4-7(8)12-5-1-2-5/h3-5H,1-2,10H2. The maximum atomic E-state index is 5.63. The summed E-state index contributed by atoms with van der Waals surface area (Å²) in [7, 11) is 0. The third kappa shape index (κ3) is 1.53. The molecule has 0 saturated heterocycles. The number of hydrogen-bond acceptors (Lipinski definition) is 3. The molecule has 1 saturated carbocycles. The zero-order valence-corrected chi connectivity index (χ0v) is 8.04. The predicted molar refractivity (Wildman–Crippen MR) is 50.0 cm³/mol. The number of nitrogen functional groups attached to an aromatic ring is 1. The van der Waals surface area contributed by atoms with Crippen LogP contribution >= 0.6 is 15.9 Å². The van der Waals surface area contributed by atoms with E-state index in [4.69, 9.17) is 10.5 Å². The summed E-state index contributed by atoms with van der Waals surface area (Å²) in [5.74, 6) is 0.748. The third-order valence-electron chi connectivity index (χ3n) is 1.69. The molecule has 0 aliphatic heterocycles. The summed E-state index contributed by atoms with van der Waals surface area (Å²) < 4.78 is 6.36. The van der Waals surface area contributed by atoms with Gasteiger partial charge in [-0.05, 0) is 28.8 Å². The second kappa shape index (κ2) is 2.94. The van der Waals surface area contributed by atoms with Crippen molar-refractivity contribution in [3.8, 4) is 5.75 Å². The maximum Gasteiger partial charge on any atom is 0.154 e. The Bertz CT molecular complexity index is 299. The molecule has 4 heteroatoms. The highest BCUT2D eigenvalue weighted by molar-refractivity contribution is 9.10. The van der Waals surface area contributed by atoms with E-state index in [1.165, 1.54) is 0 Å². The maximum absolute atomic E-state index is 5.63. The number of halogens is 1.